The SMILES string of the molecule is CN(C(=O)Cn1c(=O)c2c(ncn2C)n(C)c1=O)c1nc2ccccc2s1. The normalized spacial score (nSPS) is 11.4. The van der Waals surface area contributed by atoms with Crippen molar-refractivity contribution in [1.82, 2.24) is 23.7 Å². The molecular weight excluding hydrogens is 368 g/mol. The largest absolute Gasteiger partial charge is 0.332 e. The van der Waals surface area contributed by atoms with E-state index in [4.69, 9.17) is 0 Å². The summed E-state index contributed by atoms with van der Waals surface area (Å²) in [5, 5.41) is 0.507. The molecular formula is C17H16N6O3S. The number of benzene rings is 1. The van der Waals surface area contributed by atoms with Crippen LogP contribution < -0.4 is 16.1 Å². The van der Waals surface area contributed by atoms with Crippen molar-refractivity contribution in [3.63, 3.8) is 0 Å². The number of para-hydroxylation sites is 1. The van der Waals surface area contributed by atoms with E-state index < -0.39 is 17.2 Å². The van der Waals surface area contributed by atoms with Crippen LogP contribution in [0.5, 0.6) is 0 Å². The number of thiazole rings is 1. The molecule has 0 bridgehead atoms. The monoisotopic (exact) mass is 384 g/mol. The third-order valence-corrected chi connectivity index (χ3v) is 5.55. The fourth-order valence-corrected chi connectivity index (χ4v) is 3.83. The van der Waals surface area contributed by atoms with E-state index in [1.807, 2.05) is 24.3 Å². The lowest BCUT2D eigenvalue weighted by molar-refractivity contribution is -0.119. The second-order valence-electron chi connectivity index (χ2n) is 6.18. The van der Waals surface area contributed by atoms with Gasteiger partial charge in [-0.15, -0.1) is 0 Å². The molecule has 1 amide bonds. The van der Waals surface area contributed by atoms with Gasteiger partial charge in [0.25, 0.3) is 5.56 Å². The maximum atomic E-state index is 12.7. The number of aromatic nitrogens is 5. The summed E-state index contributed by atoms with van der Waals surface area (Å²) in [4.78, 5) is 47.9. The summed E-state index contributed by atoms with van der Waals surface area (Å²) in [5.41, 5.74) is 0.223. The van der Waals surface area contributed by atoms with Gasteiger partial charge in [-0.25, -0.2) is 19.3 Å². The number of nitrogens with zero attached hydrogens (tertiary/aromatic N) is 6. The van der Waals surface area contributed by atoms with Crippen LogP contribution in [0.3, 0.4) is 0 Å². The van der Waals surface area contributed by atoms with E-state index in [1.165, 1.54) is 38.7 Å². The second-order valence-corrected chi connectivity index (χ2v) is 7.19. The zero-order valence-electron chi connectivity index (χ0n) is 14.9. The lowest BCUT2D eigenvalue weighted by Gasteiger charge is -2.15. The van der Waals surface area contributed by atoms with Crippen molar-refractivity contribution in [2.45, 2.75) is 6.54 Å². The third-order valence-electron chi connectivity index (χ3n) is 4.44. The van der Waals surface area contributed by atoms with E-state index >= 15 is 0 Å². The summed E-state index contributed by atoms with van der Waals surface area (Å²) >= 11 is 1.37. The van der Waals surface area contributed by atoms with Crippen molar-refractivity contribution in [2.24, 2.45) is 14.1 Å². The Morgan fingerprint density at radius 2 is 1.96 bits per heavy atom. The van der Waals surface area contributed by atoms with Crippen LogP contribution in [-0.2, 0) is 25.4 Å². The molecule has 0 radical (unpaired) electrons. The standard InChI is InChI=1S/C17H16N6O3S/c1-20-9-18-14-13(20)15(25)23(17(26)22(14)3)8-12(24)21(2)16-19-10-6-4-5-7-11(10)27-16/h4-7,9H,8H2,1-3H3. The quantitative estimate of drug-likeness (QED) is 0.518. The number of aryl methyl sites for hydroxylation is 2. The van der Waals surface area contributed by atoms with Gasteiger partial charge in [0.05, 0.1) is 16.5 Å². The van der Waals surface area contributed by atoms with Crippen LogP contribution >= 0.6 is 11.3 Å². The third kappa shape index (κ3) is 2.65. The molecule has 0 aliphatic carbocycles. The van der Waals surface area contributed by atoms with Crippen LogP contribution in [0.15, 0.2) is 40.2 Å². The van der Waals surface area contributed by atoms with Gasteiger partial charge >= 0.3 is 5.69 Å². The molecule has 10 heteroatoms. The molecule has 0 atom stereocenters. The number of rotatable bonds is 3. The summed E-state index contributed by atoms with van der Waals surface area (Å²) in [6.07, 6.45) is 1.46. The van der Waals surface area contributed by atoms with Gasteiger partial charge in [0.15, 0.2) is 16.3 Å². The smallest absolute Gasteiger partial charge is 0.328 e. The van der Waals surface area contributed by atoms with E-state index in [9.17, 15) is 14.4 Å². The van der Waals surface area contributed by atoms with Crippen molar-refractivity contribution in [3.05, 3.63) is 51.4 Å². The van der Waals surface area contributed by atoms with Gasteiger partial charge in [0.1, 0.15) is 6.54 Å². The Morgan fingerprint density at radius 3 is 2.70 bits per heavy atom. The lowest BCUT2D eigenvalue weighted by Crippen LogP contribution is -2.44. The lowest BCUT2D eigenvalue weighted by atomic mass is 10.3. The molecule has 1 aromatic carbocycles. The number of imidazole rings is 1. The van der Waals surface area contributed by atoms with E-state index in [1.54, 1.807) is 14.1 Å². The van der Waals surface area contributed by atoms with Crippen molar-refractivity contribution in [3.8, 4) is 0 Å². The first-order valence-corrected chi connectivity index (χ1v) is 8.93. The fraction of sp³-hybridized carbons (Fsp3) is 0.235. The minimum Gasteiger partial charge on any atom is -0.328 e. The Labute approximate surface area is 156 Å². The Bertz CT molecular complexity index is 1280. The molecule has 27 heavy (non-hydrogen) atoms. The highest BCUT2D eigenvalue weighted by atomic mass is 32.1. The zero-order valence-corrected chi connectivity index (χ0v) is 15.7. The van der Waals surface area contributed by atoms with Gasteiger partial charge in [0.2, 0.25) is 5.91 Å². The Hall–Kier alpha value is -3.27. The second kappa shape index (κ2) is 6.16. The first kappa shape index (κ1) is 17.2. The predicted molar refractivity (Wildman–Crippen MR) is 103 cm³/mol. The van der Waals surface area contributed by atoms with Crippen LogP contribution in [-0.4, -0.2) is 36.6 Å². The van der Waals surface area contributed by atoms with Crippen molar-refractivity contribution in [1.29, 1.82) is 0 Å². The average Bonchev–Trinajstić information content (AvgIpc) is 3.26. The van der Waals surface area contributed by atoms with Gasteiger partial charge in [-0.05, 0) is 12.1 Å². The zero-order chi connectivity index (χ0) is 19.3. The number of amides is 1. The first-order chi connectivity index (χ1) is 12.9. The van der Waals surface area contributed by atoms with Crippen LogP contribution in [0.4, 0.5) is 5.13 Å². The summed E-state index contributed by atoms with van der Waals surface area (Å²) in [6, 6.07) is 7.56. The minimum absolute atomic E-state index is 0.271. The molecule has 4 aromatic rings. The molecule has 0 aliphatic rings. The number of carbonyl (C=O) groups excluding carboxylic acids is 1. The van der Waals surface area contributed by atoms with Crippen molar-refractivity contribution >= 4 is 43.8 Å². The van der Waals surface area contributed by atoms with Crippen molar-refractivity contribution in [2.75, 3.05) is 11.9 Å². The van der Waals surface area contributed by atoms with Crippen LogP contribution in [0.1, 0.15) is 0 Å². The maximum Gasteiger partial charge on any atom is 0.332 e. The van der Waals surface area contributed by atoms with Gasteiger partial charge in [-0.2, -0.15) is 0 Å². The molecule has 0 aliphatic heterocycles. The van der Waals surface area contributed by atoms with Crippen LogP contribution in [0.25, 0.3) is 21.4 Å². The van der Waals surface area contributed by atoms with Gasteiger partial charge in [-0.3, -0.25) is 19.1 Å². The van der Waals surface area contributed by atoms with Gasteiger partial charge in [-0.1, -0.05) is 23.5 Å². The number of hydrogen-bond acceptors (Lipinski definition) is 6. The highest BCUT2D eigenvalue weighted by Crippen LogP contribution is 2.27. The number of likely N-dealkylation sites (N-methyl/N-ethyl adjacent to an activating group) is 1. The molecule has 9 nitrogen and oxygen atoms in total. The Balaban J connectivity index is 1.73. The highest BCUT2D eigenvalue weighted by molar-refractivity contribution is 7.22. The summed E-state index contributed by atoms with van der Waals surface area (Å²) in [5.74, 6) is -0.408. The Morgan fingerprint density at radius 1 is 1.22 bits per heavy atom. The molecule has 0 unspecified atom stereocenters. The van der Waals surface area contributed by atoms with Gasteiger partial charge in [0, 0.05) is 21.1 Å². The first-order valence-electron chi connectivity index (χ1n) is 8.11. The van der Waals surface area contributed by atoms with E-state index in [0.29, 0.717) is 5.13 Å². The van der Waals surface area contributed by atoms with E-state index in [0.717, 1.165) is 14.8 Å². The number of anilines is 1. The average molecular weight is 384 g/mol. The molecule has 138 valence electrons. The number of fused-ring (bicyclic) bond motifs is 2. The van der Waals surface area contributed by atoms with Crippen molar-refractivity contribution < 1.29 is 4.79 Å². The molecule has 3 heterocycles. The molecule has 0 spiro atoms. The molecule has 4 rings (SSSR count). The number of carbonyl (C=O) groups is 1. The fourth-order valence-electron chi connectivity index (χ4n) is 2.89. The molecule has 3 aromatic heterocycles. The summed E-state index contributed by atoms with van der Waals surface area (Å²) < 4.78 is 4.68. The van der Waals surface area contributed by atoms with Crippen LogP contribution in [0.2, 0.25) is 0 Å². The molecule has 0 saturated carbocycles. The summed E-state index contributed by atoms with van der Waals surface area (Å²) in [6.45, 7) is -0.376. The van der Waals surface area contributed by atoms with Crippen LogP contribution in [0, 0.1) is 0 Å². The van der Waals surface area contributed by atoms with E-state index in [2.05, 4.69) is 9.97 Å². The van der Waals surface area contributed by atoms with Gasteiger partial charge < -0.3 is 4.57 Å². The van der Waals surface area contributed by atoms with E-state index in [-0.39, 0.29) is 17.7 Å². The summed E-state index contributed by atoms with van der Waals surface area (Å²) in [7, 11) is 4.77. The Kier molecular flexibility index (Phi) is 3.92. The molecule has 0 fully saturated rings. The number of hydrogen-bond donors (Lipinski definition) is 0. The predicted octanol–water partition coefficient (Wildman–Crippen LogP) is 0.706. The highest BCUT2D eigenvalue weighted by Gasteiger charge is 2.20. The topological polar surface area (TPSA) is 95.0 Å². The minimum atomic E-state index is -0.586. The maximum absolute atomic E-state index is 12.7. The molecule has 0 N–H and O–H groups in total. The molecule has 0 saturated heterocycles.